The molecule has 0 radical (unpaired) electrons. The number of carbonyl (C=O) groups excluding carboxylic acids is 1. The van der Waals surface area contributed by atoms with Gasteiger partial charge < -0.3 is 4.90 Å². The molecule has 140 valence electrons. The number of amides is 1. The molecular weight excluding hydrogens is 367 g/mol. The van der Waals surface area contributed by atoms with Crippen LogP contribution in [0.3, 0.4) is 0 Å². The lowest BCUT2D eigenvalue weighted by Gasteiger charge is -2.44. The summed E-state index contributed by atoms with van der Waals surface area (Å²) in [6, 6.07) is 10.4. The van der Waals surface area contributed by atoms with Crippen LogP contribution < -0.4 is 0 Å². The second kappa shape index (κ2) is 6.58. The van der Waals surface area contributed by atoms with E-state index < -0.39 is 16.1 Å². The van der Waals surface area contributed by atoms with Crippen LogP contribution in [-0.4, -0.2) is 43.2 Å². The summed E-state index contributed by atoms with van der Waals surface area (Å²) in [6.07, 6.45) is 2.28. The van der Waals surface area contributed by atoms with Crippen molar-refractivity contribution in [2.24, 2.45) is 0 Å². The van der Waals surface area contributed by atoms with E-state index in [9.17, 15) is 17.6 Å². The second-order valence-electron chi connectivity index (χ2n) is 6.77. The van der Waals surface area contributed by atoms with Crippen molar-refractivity contribution in [2.45, 2.75) is 17.4 Å². The van der Waals surface area contributed by atoms with Crippen LogP contribution >= 0.6 is 0 Å². The van der Waals surface area contributed by atoms with Gasteiger partial charge in [-0.1, -0.05) is 30.9 Å². The minimum Gasteiger partial charge on any atom is -0.333 e. The fraction of sp³-hybridized carbons (Fsp3) is 0.250. The highest BCUT2D eigenvalue weighted by Gasteiger charge is 2.41. The third kappa shape index (κ3) is 3.07. The highest BCUT2D eigenvalue weighted by molar-refractivity contribution is 7.89. The maximum absolute atomic E-state index is 13.8. The summed E-state index contributed by atoms with van der Waals surface area (Å²) in [5, 5.41) is 0. The van der Waals surface area contributed by atoms with Gasteiger partial charge >= 0.3 is 0 Å². The van der Waals surface area contributed by atoms with Crippen molar-refractivity contribution in [1.82, 2.24) is 9.21 Å². The summed E-state index contributed by atoms with van der Waals surface area (Å²) < 4.78 is 41.1. The van der Waals surface area contributed by atoms with Gasteiger partial charge in [0.1, 0.15) is 5.82 Å². The first-order valence-electron chi connectivity index (χ1n) is 8.70. The second-order valence-corrected chi connectivity index (χ2v) is 8.70. The summed E-state index contributed by atoms with van der Waals surface area (Å²) >= 11 is 0. The lowest BCUT2D eigenvalue weighted by atomic mass is 9.91. The number of sulfonamides is 1. The van der Waals surface area contributed by atoms with Gasteiger partial charge in [0.05, 0.1) is 17.5 Å². The first-order chi connectivity index (χ1) is 12.9. The largest absolute Gasteiger partial charge is 0.333 e. The highest BCUT2D eigenvalue weighted by Crippen LogP contribution is 2.35. The van der Waals surface area contributed by atoms with E-state index >= 15 is 0 Å². The molecule has 4 rings (SSSR count). The number of hydrogen-bond acceptors (Lipinski definition) is 3. The predicted octanol–water partition coefficient (Wildman–Crippen LogP) is 2.60. The molecule has 2 aliphatic rings. The molecule has 2 aliphatic heterocycles. The molecule has 0 bridgehead atoms. The van der Waals surface area contributed by atoms with Crippen LogP contribution in [0.5, 0.6) is 0 Å². The number of rotatable bonds is 3. The summed E-state index contributed by atoms with van der Waals surface area (Å²) in [6.45, 7) is 4.09. The first kappa shape index (κ1) is 17.9. The van der Waals surface area contributed by atoms with E-state index in [0.717, 1.165) is 11.1 Å². The summed E-state index contributed by atoms with van der Waals surface area (Å²) in [4.78, 5) is 14.4. The molecule has 1 amide bonds. The number of benzene rings is 2. The monoisotopic (exact) mass is 386 g/mol. The zero-order chi connectivity index (χ0) is 19.2. The molecule has 5 nitrogen and oxygen atoms in total. The molecule has 2 aromatic carbocycles. The number of halogens is 1. The average Bonchev–Trinajstić information content (AvgIpc) is 2.67. The Hall–Kier alpha value is -2.51. The molecule has 1 unspecified atom stereocenters. The van der Waals surface area contributed by atoms with Gasteiger partial charge in [0.2, 0.25) is 15.9 Å². The Morgan fingerprint density at radius 2 is 1.89 bits per heavy atom. The number of nitrogens with zero attached hydrogens (tertiary/aromatic N) is 2. The van der Waals surface area contributed by atoms with Crippen LogP contribution in [0.2, 0.25) is 0 Å². The topological polar surface area (TPSA) is 57.7 Å². The normalized spacial score (nSPS) is 20.1. The maximum atomic E-state index is 13.8. The van der Waals surface area contributed by atoms with Crippen molar-refractivity contribution in [3.63, 3.8) is 0 Å². The Labute approximate surface area is 157 Å². The van der Waals surface area contributed by atoms with Crippen molar-refractivity contribution >= 4 is 22.0 Å². The molecule has 1 fully saturated rings. The molecule has 1 saturated heterocycles. The van der Waals surface area contributed by atoms with Gasteiger partial charge in [0, 0.05) is 13.1 Å². The van der Waals surface area contributed by atoms with E-state index in [1.165, 1.54) is 28.6 Å². The Morgan fingerprint density at radius 1 is 1.15 bits per heavy atom. The van der Waals surface area contributed by atoms with Gasteiger partial charge in [-0.3, -0.25) is 4.79 Å². The lowest BCUT2D eigenvalue weighted by Crippen LogP contribution is -2.55. The third-order valence-electron chi connectivity index (χ3n) is 5.23. The fourth-order valence-electron chi connectivity index (χ4n) is 3.77. The molecule has 2 aromatic rings. The molecule has 2 heterocycles. The van der Waals surface area contributed by atoms with Gasteiger partial charge in [-0.2, -0.15) is 4.31 Å². The predicted molar refractivity (Wildman–Crippen MR) is 99.8 cm³/mol. The Balaban J connectivity index is 1.69. The molecular formula is C20H19FN2O3S. The zero-order valence-electron chi connectivity index (χ0n) is 14.6. The minimum atomic E-state index is -3.83. The van der Waals surface area contributed by atoms with Gasteiger partial charge in [-0.25, -0.2) is 12.8 Å². The smallest absolute Gasteiger partial charge is 0.243 e. The van der Waals surface area contributed by atoms with Gasteiger partial charge in [0.15, 0.2) is 0 Å². The quantitative estimate of drug-likeness (QED) is 0.815. The van der Waals surface area contributed by atoms with Crippen LogP contribution in [0.1, 0.15) is 22.7 Å². The number of hydrogen-bond donors (Lipinski definition) is 0. The molecule has 1 atom stereocenters. The molecule has 0 saturated carbocycles. The average molecular weight is 386 g/mol. The van der Waals surface area contributed by atoms with Crippen LogP contribution in [0, 0.1) is 5.82 Å². The Morgan fingerprint density at radius 3 is 2.59 bits per heavy atom. The molecule has 7 heteroatoms. The minimum absolute atomic E-state index is 0.119. The van der Waals surface area contributed by atoms with Crippen LogP contribution in [0.25, 0.3) is 6.08 Å². The standard InChI is InChI=1S/C20H19FN2O3S/c1-2-14-3-7-17(8-4-14)27(25,26)22-12-19-18-11-16(21)6-5-15(18)9-10-23(19)20(24)13-22/h2-8,11,19H,1,9-10,12-13H2. The lowest BCUT2D eigenvalue weighted by molar-refractivity contribution is -0.138. The van der Waals surface area contributed by atoms with Gasteiger partial charge in [0.25, 0.3) is 0 Å². The molecule has 0 aliphatic carbocycles. The molecule has 0 spiro atoms. The van der Waals surface area contributed by atoms with E-state index in [-0.39, 0.29) is 29.7 Å². The van der Waals surface area contributed by atoms with Crippen LogP contribution in [0.15, 0.2) is 53.9 Å². The van der Waals surface area contributed by atoms with E-state index in [1.54, 1.807) is 29.2 Å². The van der Waals surface area contributed by atoms with E-state index in [0.29, 0.717) is 18.5 Å². The van der Waals surface area contributed by atoms with Gasteiger partial charge in [-0.15, -0.1) is 0 Å². The number of piperazine rings is 1. The third-order valence-corrected chi connectivity index (χ3v) is 7.05. The van der Waals surface area contributed by atoms with E-state index in [1.807, 2.05) is 0 Å². The highest BCUT2D eigenvalue weighted by atomic mass is 32.2. The summed E-state index contributed by atoms with van der Waals surface area (Å²) in [5.41, 5.74) is 2.46. The molecule has 0 aromatic heterocycles. The summed E-state index contributed by atoms with van der Waals surface area (Å²) in [5.74, 6) is -0.643. The van der Waals surface area contributed by atoms with E-state index in [2.05, 4.69) is 6.58 Å². The first-order valence-corrected chi connectivity index (χ1v) is 10.1. The fourth-order valence-corrected chi connectivity index (χ4v) is 5.17. The van der Waals surface area contributed by atoms with Crippen molar-refractivity contribution in [3.05, 3.63) is 71.6 Å². The number of carbonyl (C=O) groups is 1. The Bertz CT molecular complexity index is 1020. The maximum Gasteiger partial charge on any atom is 0.243 e. The summed E-state index contributed by atoms with van der Waals surface area (Å²) in [7, 11) is -3.83. The van der Waals surface area contributed by atoms with Crippen LogP contribution in [-0.2, 0) is 21.2 Å². The number of fused-ring (bicyclic) bond motifs is 3. The Kier molecular flexibility index (Phi) is 4.36. The van der Waals surface area contributed by atoms with Crippen molar-refractivity contribution in [1.29, 1.82) is 0 Å². The van der Waals surface area contributed by atoms with Crippen LogP contribution in [0.4, 0.5) is 4.39 Å². The van der Waals surface area contributed by atoms with Crippen molar-refractivity contribution < 1.29 is 17.6 Å². The molecule has 27 heavy (non-hydrogen) atoms. The van der Waals surface area contributed by atoms with Crippen molar-refractivity contribution in [3.8, 4) is 0 Å². The van der Waals surface area contributed by atoms with Crippen molar-refractivity contribution in [2.75, 3.05) is 19.6 Å². The van der Waals surface area contributed by atoms with E-state index in [4.69, 9.17) is 0 Å². The zero-order valence-corrected chi connectivity index (χ0v) is 15.5. The SMILES string of the molecule is C=Cc1ccc(S(=O)(=O)N2CC(=O)N3CCc4ccc(F)cc4C3C2)cc1. The molecule has 0 N–H and O–H groups in total. The van der Waals surface area contributed by atoms with Gasteiger partial charge in [-0.05, 0) is 47.4 Å².